The molecule has 1 aliphatic carbocycles. The molecule has 1 aromatic heterocycles. The molecule has 70 valence electrons. The maximum absolute atomic E-state index is 5.70. The predicted molar refractivity (Wildman–Crippen MR) is 51.8 cm³/mol. The number of aromatic nitrogens is 1. The van der Waals surface area contributed by atoms with E-state index < -0.39 is 0 Å². The van der Waals surface area contributed by atoms with E-state index in [0.29, 0.717) is 11.8 Å². The lowest BCUT2D eigenvalue weighted by Crippen LogP contribution is -2.02. The third-order valence-electron chi connectivity index (χ3n) is 1.97. The first-order valence-corrected chi connectivity index (χ1v) is 4.39. The SMILES string of the molecule is CNc1cc(OC2CC2)c(N)cn1. The molecule has 4 nitrogen and oxygen atoms in total. The largest absolute Gasteiger partial charge is 0.488 e. The second kappa shape index (κ2) is 3.12. The average molecular weight is 179 g/mol. The third kappa shape index (κ3) is 1.83. The number of nitrogens with zero attached hydrogens (tertiary/aromatic N) is 1. The molecule has 0 amide bonds. The Labute approximate surface area is 77.1 Å². The van der Waals surface area contributed by atoms with Gasteiger partial charge in [-0.2, -0.15) is 0 Å². The van der Waals surface area contributed by atoms with Gasteiger partial charge in [0.2, 0.25) is 0 Å². The van der Waals surface area contributed by atoms with Crippen LogP contribution in [0.4, 0.5) is 11.5 Å². The van der Waals surface area contributed by atoms with Crippen LogP contribution in [0.25, 0.3) is 0 Å². The lowest BCUT2D eigenvalue weighted by atomic mass is 10.3. The summed E-state index contributed by atoms with van der Waals surface area (Å²) < 4.78 is 5.59. The molecule has 0 radical (unpaired) electrons. The second-order valence-corrected chi connectivity index (χ2v) is 3.17. The van der Waals surface area contributed by atoms with E-state index in [1.54, 1.807) is 6.20 Å². The smallest absolute Gasteiger partial charge is 0.147 e. The number of hydrogen-bond donors (Lipinski definition) is 2. The molecule has 0 aromatic carbocycles. The van der Waals surface area contributed by atoms with E-state index in [4.69, 9.17) is 10.5 Å². The first-order chi connectivity index (χ1) is 6.29. The van der Waals surface area contributed by atoms with Crippen molar-refractivity contribution in [1.82, 2.24) is 4.98 Å². The van der Waals surface area contributed by atoms with Gasteiger partial charge in [0.25, 0.3) is 0 Å². The van der Waals surface area contributed by atoms with Gasteiger partial charge in [0, 0.05) is 13.1 Å². The predicted octanol–water partition coefficient (Wildman–Crippen LogP) is 1.25. The van der Waals surface area contributed by atoms with Crippen LogP contribution >= 0.6 is 0 Å². The summed E-state index contributed by atoms with van der Waals surface area (Å²) in [6.07, 6.45) is 4.26. The summed E-state index contributed by atoms with van der Waals surface area (Å²) in [5.74, 6) is 1.52. The molecule has 13 heavy (non-hydrogen) atoms. The molecule has 0 atom stereocenters. The van der Waals surface area contributed by atoms with Crippen molar-refractivity contribution < 1.29 is 4.74 Å². The van der Waals surface area contributed by atoms with Gasteiger partial charge in [0.05, 0.1) is 18.0 Å². The molecule has 0 aliphatic heterocycles. The van der Waals surface area contributed by atoms with Crippen molar-refractivity contribution in [1.29, 1.82) is 0 Å². The Morgan fingerprint density at radius 2 is 2.38 bits per heavy atom. The quantitative estimate of drug-likeness (QED) is 0.733. The van der Waals surface area contributed by atoms with E-state index in [-0.39, 0.29) is 0 Å². The van der Waals surface area contributed by atoms with Crippen LogP contribution in [0.15, 0.2) is 12.3 Å². The van der Waals surface area contributed by atoms with Crippen LogP contribution in [0.3, 0.4) is 0 Å². The van der Waals surface area contributed by atoms with E-state index in [2.05, 4.69) is 10.3 Å². The Hall–Kier alpha value is -1.45. The maximum atomic E-state index is 5.70. The summed E-state index contributed by atoms with van der Waals surface area (Å²) in [5.41, 5.74) is 6.31. The van der Waals surface area contributed by atoms with Crippen molar-refractivity contribution in [2.24, 2.45) is 0 Å². The number of pyridine rings is 1. The number of nitrogen functional groups attached to an aromatic ring is 1. The van der Waals surface area contributed by atoms with Crippen molar-refractivity contribution in [2.45, 2.75) is 18.9 Å². The van der Waals surface area contributed by atoms with E-state index in [0.717, 1.165) is 24.4 Å². The molecule has 1 aromatic rings. The molecule has 1 saturated carbocycles. The first-order valence-electron chi connectivity index (χ1n) is 4.39. The highest BCUT2D eigenvalue weighted by molar-refractivity contribution is 5.56. The normalized spacial score (nSPS) is 15.5. The highest BCUT2D eigenvalue weighted by Crippen LogP contribution is 2.31. The van der Waals surface area contributed by atoms with E-state index in [9.17, 15) is 0 Å². The van der Waals surface area contributed by atoms with E-state index in [1.165, 1.54) is 0 Å². The van der Waals surface area contributed by atoms with E-state index >= 15 is 0 Å². The molecular formula is C9H13N3O. The summed E-state index contributed by atoms with van der Waals surface area (Å²) in [4.78, 5) is 4.07. The molecule has 0 spiro atoms. The van der Waals surface area contributed by atoms with Crippen molar-refractivity contribution >= 4 is 11.5 Å². The molecule has 1 heterocycles. The zero-order chi connectivity index (χ0) is 9.26. The van der Waals surface area contributed by atoms with Crippen LogP contribution in [0.5, 0.6) is 5.75 Å². The minimum Gasteiger partial charge on any atom is -0.488 e. The summed E-state index contributed by atoms with van der Waals surface area (Å²) in [6, 6.07) is 1.83. The van der Waals surface area contributed by atoms with Crippen LogP contribution in [0.1, 0.15) is 12.8 Å². The maximum Gasteiger partial charge on any atom is 0.147 e. The standard InChI is InChI=1S/C9H13N3O/c1-11-9-4-8(7(10)5-12-9)13-6-2-3-6/h4-6H,2-3,10H2,1H3,(H,11,12). The molecule has 4 heteroatoms. The number of anilines is 2. The highest BCUT2D eigenvalue weighted by Gasteiger charge is 2.24. The zero-order valence-corrected chi connectivity index (χ0v) is 7.58. The Balaban J connectivity index is 2.19. The molecule has 0 bridgehead atoms. The van der Waals surface area contributed by atoms with E-state index in [1.807, 2.05) is 13.1 Å². The van der Waals surface area contributed by atoms with Gasteiger partial charge >= 0.3 is 0 Å². The van der Waals surface area contributed by atoms with Crippen LogP contribution in [-0.2, 0) is 0 Å². The number of hydrogen-bond acceptors (Lipinski definition) is 4. The van der Waals surface area contributed by atoms with Gasteiger partial charge in [0.15, 0.2) is 0 Å². The summed E-state index contributed by atoms with van der Waals surface area (Å²) >= 11 is 0. The van der Waals surface area contributed by atoms with Crippen molar-refractivity contribution in [3.05, 3.63) is 12.3 Å². The van der Waals surface area contributed by atoms with Gasteiger partial charge in [0.1, 0.15) is 11.6 Å². The molecule has 2 rings (SSSR count). The number of nitrogens with one attached hydrogen (secondary N) is 1. The molecule has 1 fully saturated rings. The summed E-state index contributed by atoms with van der Waals surface area (Å²) in [7, 11) is 1.82. The Bertz CT molecular complexity index is 310. The summed E-state index contributed by atoms with van der Waals surface area (Å²) in [5, 5.41) is 2.94. The average Bonchev–Trinajstić information content (AvgIpc) is 2.93. The Morgan fingerprint density at radius 3 is 3.00 bits per heavy atom. The van der Waals surface area contributed by atoms with Crippen LogP contribution in [-0.4, -0.2) is 18.1 Å². The number of ether oxygens (including phenoxy) is 1. The van der Waals surface area contributed by atoms with Crippen LogP contribution in [0.2, 0.25) is 0 Å². The molecule has 3 N–H and O–H groups in total. The van der Waals surface area contributed by atoms with Gasteiger partial charge in [-0.05, 0) is 12.8 Å². The van der Waals surface area contributed by atoms with Crippen molar-refractivity contribution in [2.75, 3.05) is 18.1 Å². The molecule has 0 unspecified atom stereocenters. The molecular weight excluding hydrogens is 166 g/mol. The van der Waals surface area contributed by atoms with Crippen LogP contribution in [0, 0.1) is 0 Å². The second-order valence-electron chi connectivity index (χ2n) is 3.17. The minimum absolute atomic E-state index is 0.370. The zero-order valence-electron chi connectivity index (χ0n) is 7.58. The first kappa shape index (κ1) is 8.16. The topological polar surface area (TPSA) is 60.2 Å². The van der Waals surface area contributed by atoms with Crippen molar-refractivity contribution in [3.8, 4) is 5.75 Å². The van der Waals surface area contributed by atoms with Gasteiger partial charge in [-0.25, -0.2) is 4.98 Å². The lowest BCUT2D eigenvalue weighted by Gasteiger charge is -2.08. The van der Waals surface area contributed by atoms with Crippen molar-refractivity contribution in [3.63, 3.8) is 0 Å². The van der Waals surface area contributed by atoms with Gasteiger partial charge in [-0.15, -0.1) is 0 Å². The summed E-state index contributed by atoms with van der Waals surface area (Å²) in [6.45, 7) is 0. The molecule has 1 aliphatic rings. The fraction of sp³-hybridized carbons (Fsp3) is 0.444. The number of rotatable bonds is 3. The highest BCUT2D eigenvalue weighted by atomic mass is 16.5. The Kier molecular flexibility index (Phi) is 1.96. The van der Waals surface area contributed by atoms with Gasteiger partial charge in [-0.3, -0.25) is 0 Å². The van der Waals surface area contributed by atoms with Gasteiger partial charge < -0.3 is 15.8 Å². The molecule has 0 saturated heterocycles. The minimum atomic E-state index is 0.370. The monoisotopic (exact) mass is 179 g/mol. The van der Waals surface area contributed by atoms with Gasteiger partial charge in [-0.1, -0.05) is 0 Å². The fourth-order valence-corrected chi connectivity index (χ4v) is 1.05. The lowest BCUT2D eigenvalue weighted by molar-refractivity contribution is 0.305. The number of nitrogens with two attached hydrogens (primary N) is 1. The third-order valence-corrected chi connectivity index (χ3v) is 1.97. The fourth-order valence-electron chi connectivity index (χ4n) is 1.05. The van der Waals surface area contributed by atoms with Crippen LogP contribution < -0.4 is 15.8 Å². The Morgan fingerprint density at radius 1 is 1.62 bits per heavy atom.